The van der Waals surface area contributed by atoms with Crippen molar-refractivity contribution in [2.75, 3.05) is 13.2 Å². The van der Waals surface area contributed by atoms with Crippen LogP contribution in [0.1, 0.15) is 6.92 Å². The highest BCUT2D eigenvalue weighted by atomic mass is 19.3. The predicted octanol–water partition coefficient (Wildman–Crippen LogP) is 2.35. The lowest BCUT2D eigenvalue weighted by Crippen LogP contribution is -2.31. The molecule has 0 fully saturated rings. The van der Waals surface area contributed by atoms with Crippen LogP contribution in [0.25, 0.3) is 0 Å². The van der Waals surface area contributed by atoms with Crippen molar-refractivity contribution in [1.29, 1.82) is 0 Å². The van der Waals surface area contributed by atoms with Crippen molar-refractivity contribution in [2.45, 2.75) is 19.3 Å². The number of allylic oxidation sites excluding steroid dienone is 2. The van der Waals surface area contributed by atoms with Crippen molar-refractivity contribution < 1.29 is 22.4 Å². The Morgan fingerprint density at radius 1 is 1.53 bits per heavy atom. The van der Waals surface area contributed by atoms with Crippen LogP contribution in [0.3, 0.4) is 0 Å². The van der Waals surface area contributed by atoms with E-state index in [0.717, 1.165) is 6.21 Å². The SMILES string of the molecule is C=C(C)/C=C(\C=N/OCC(F)(F)C(F)F)CN. The number of nitrogens with two attached hydrogens (primary N) is 1. The van der Waals surface area contributed by atoms with Crippen LogP contribution < -0.4 is 5.73 Å². The van der Waals surface area contributed by atoms with Crippen molar-refractivity contribution in [3.8, 4) is 0 Å². The number of rotatable bonds is 7. The molecular weight excluding hydrogens is 240 g/mol. The Morgan fingerprint density at radius 2 is 2.12 bits per heavy atom. The minimum absolute atomic E-state index is 0.102. The molecule has 0 aliphatic carbocycles. The van der Waals surface area contributed by atoms with Gasteiger partial charge in [0, 0.05) is 6.54 Å². The normalized spacial score (nSPS) is 13.5. The van der Waals surface area contributed by atoms with Crippen LogP contribution in [0.5, 0.6) is 0 Å². The van der Waals surface area contributed by atoms with Crippen LogP contribution in [-0.4, -0.2) is 31.7 Å². The second kappa shape index (κ2) is 7.05. The van der Waals surface area contributed by atoms with E-state index in [-0.39, 0.29) is 6.54 Å². The molecule has 0 atom stereocenters. The average molecular weight is 254 g/mol. The van der Waals surface area contributed by atoms with E-state index in [1.54, 1.807) is 13.0 Å². The molecule has 0 heterocycles. The van der Waals surface area contributed by atoms with E-state index in [2.05, 4.69) is 16.6 Å². The van der Waals surface area contributed by atoms with Gasteiger partial charge in [-0.3, -0.25) is 0 Å². The van der Waals surface area contributed by atoms with E-state index in [1.165, 1.54) is 0 Å². The van der Waals surface area contributed by atoms with Gasteiger partial charge in [0.1, 0.15) is 0 Å². The Balaban J connectivity index is 4.24. The summed E-state index contributed by atoms with van der Waals surface area (Å²) in [5, 5.41) is 3.14. The summed E-state index contributed by atoms with van der Waals surface area (Å²) in [5.74, 6) is -4.21. The van der Waals surface area contributed by atoms with Gasteiger partial charge in [0.2, 0.25) is 0 Å². The number of halogens is 4. The second-order valence-corrected chi connectivity index (χ2v) is 3.34. The highest BCUT2D eigenvalue weighted by Gasteiger charge is 2.41. The molecule has 0 spiro atoms. The largest absolute Gasteiger partial charge is 0.389 e. The number of alkyl halides is 4. The molecule has 0 aromatic rings. The number of nitrogens with zero attached hydrogens (tertiary/aromatic N) is 1. The van der Waals surface area contributed by atoms with E-state index < -0.39 is 19.0 Å². The van der Waals surface area contributed by atoms with Gasteiger partial charge in [-0.25, -0.2) is 8.78 Å². The van der Waals surface area contributed by atoms with E-state index in [1.807, 2.05) is 0 Å². The lowest BCUT2D eigenvalue weighted by molar-refractivity contribution is -0.165. The Bertz CT molecular complexity index is 313. The molecule has 0 saturated heterocycles. The summed E-state index contributed by atoms with van der Waals surface area (Å²) in [4.78, 5) is 4.09. The average Bonchev–Trinajstić information content (AvgIpc) is 2.21. The maximum Gasteiger partial charge on any atom is 0.343 e. The van der Waals surface area contributed by atoms with Gasteiger partial charge in [-0.1, -0.05) is 23.4 Å². The highest BCUT2D eigenvalue weighted by Crippen LogP contribution is 2.22. The van der Waals surface area contributed by atoms with Gasteiger partial charge in [0.15, 0.2) is 6.61 Å². The van der Waals surface area contributed by atoms with Gasteiger partial charge in [-0.15, -0.1) is 0 Å². The van der Waals surface area contributed by atoms with Crippen molar-refractivity contribution in [3.63, 3.8) is 0 Å². The molecule has 7 heteroatoms. The Hall–Kier alpha value is -1.37. The molecule has 0 saturated carbocycles. The lowest BCUT2D eigenvalue weighted by Gasteiger charge is -2.12. The summed E-state index contributed by atoms with van der Waals surface area (Å²) in [6.07, 6.45) is -1.13. The minimum atomic E-state index is -4.21. The van der Waals surface area contributed by atoms with E-state index >= 15 is 0 Å². The quantitative estimate of drug-likeness (QED) is 0.328. The fourth-order valence-electron chi connectivity index (χ4n) is 0.757. The molecule has 0 rings (SSSR count). The lowest BCUT2D eigenvalue weighted by atomic mass is 10.2. The summed E-state index contributed by atoms with van der Waals surface area (Å²) in [5.41, 5.74) is 6.49. The predicted molar refractivity (Wildman–Crippen MR) is 57.3 cm³/mol. The van der Waals surface area contributed by atoms with Crippen molar-refractivity contribution in [2.24, 2.45) is 10.9 Å². The third kappa shape index (κ3) is 6.72. The topological polar surface area (TPSA) is 47.6 Å². The molecular formula is C10H14F4N2O. The maximum absolute atomic E-state index is 12.4. The van der Waals surface area contributed by atoms with Gasteiger partial charge in [0.25, 0.3) is 0 Å². The van der Waals surface area contributed by atoms with Crippen molar-refractivity contribution in [3.05, 3.63) is 23.8 Å². The van der Waals surface area contributed by atoms with Crippen LogP contribution in [0.15, 0.2) is 29.0 Å². The maximum atomic E-state index is 12.4. The first-order chi connectivity index (χ1) is 7.79. The summed E-state index contributed by atoms with van der Waals surface area (Å²) >= 11 is 0. The summed E-state index contributed by atoms with van der Waals surface area (Å²) in [7, 11) is 0. The van der Waals surface area contributed by atoms with E-state index in [0.29, 0.717) is 11.1 Å². The first kappa shape index (κ1) is 15.6. The zero-order chi connectivity index (χ0) is 13.5. The van der Waals surface area contributed by atoms with Gasteiger partial charge in [0.05, 0.1) is 6.21 Å². The molecule has 17 heavy (non-hydrogen) atoms. The minimum Gasteiger partial charge on any atom is -0.389 e. The van der Waals surface area contributed by atoms with Crippen LogP contribution in [0.2, 0.25) is 0 Å². The third-order valence-electron chi connectivity index (χ3n) is 1.54. The monoisotopic (exact) mass is 254 g/mol. The molecule has 0 aromatic carbocycles. The zero-order valence-electron chi connectivity index (χ0n) is 9.30. The zero-order valence-corrected chi connectivity index (χ0v) is 9.30. The number of hydrogen-bond acceptors (Lipinski definition) is 3. The highest BCUT2D eigenvalue weighted by molar-refractivity contribution is 5.79. The number of hydrogen-bond donors (Lipinski definition) is 1. The summed E-state index contributed by atoms with van der Waals surface area (Å²) in [6, 6.07) is 0. The Kier molecular flexibility index (Phi) is 6.48. The van der Waals surface area contributed by atoms with Crippen molar-refractivity contribution in [1.82, 2.24) is 0 Å². The number of oxime groups is 1. The third-order valence-corrected chi connectivity index (χ3v) is 1.54. The smallest absolute Gasteiger partial charge is 0.343 e. The molecule has 0 unspecified atom stereocenters. The first-order valence-electron chi connectivity index (χ1n) is 4.67. The van der Waals surface area contributed by atoms with Gasteiger partial charge < -0.3 is 10.6 Å². The van der Waals surface area contributed by atoms with Crippen LogP contribution in [-0.2, 0) is 4.84 Å². The molecule has 2 N–H and O–H groups in total. The molecule has 0 aliphatic heterocycles. The fraction of sp³-hybridized carbons (Fsp3) is 0.500. The standard InChI is InChI=1S/C10H14F4N2O/c1-7(2)3-8(4-15)5-16-17-6-10(13,14)9(11)12/h3,5,9H,1,4,6,15H2,2H3/b8-3-,16-5-. The van der Waals surface area contributed by atoms with Gasteiger partial charge >= 0.3 is 12.3 Å². The molecule has 0 amide bonds. The molecule has 3 nitrogen and oxygen atoms in total. The first-order valence-corrected chi connectivity index (χ1v) is 4.67. The van der Waals surface area contributed by atoms with Crippen LogP contribution in [0.4, 0.5) is 17.6 Å². The van der Waals surface area contributed by atoms with Crippen molar-refractivity contribution >= 4 is 6.21 Å². The molecule has 0 radical (unpaired) electrons. The second-order valence-electron chi connectivity index (χ2n) is 3.34. The Morgan fingerprint density at radius 3 is 2.53 bits per heavy atom. The van der Waals surface area contributed by atoms with Crippen LogP contribution in [0, 0.1) is 0 Å². The molecule has 0 aliphatic rings. The Labute approximate surface area is 96.6 Å². The fourth-order valence-corrected chi connectivity index (χ4v) is 0.757. The molecule has 0 aromatic heterocycles. The molecule has 0 bridgehead atoms. The summed E-state index contributed by atoms with van der Waals surface area (Å²) in [6.45, 7) is 3.91. The van der Waals surface area contributed by atoms with Crippen LogP contribution >= 0.6 is 0 Å². The van der Waals surface area contributed by atoms with E-state index in [4.69, 9.17) is 5.73 Å². The summed E-state index contributed by atoms with van der Waals surface area (Å²) < 4.78 is 48.1. The van der Waals surface area contributed by atoms with Gasteiger partial charge in [-0.05, 0) is 12.5 Å². The van der Waals surface area contributed by atoms with Gasteiger partial charge in [-0.2, -0.15) is 8.78 Å². The van der Waals surface area contributed by atoms with E-state index in [9.17, 15) is 17.6 Å². The molecule has 98 valence electrons.